The third kappa shape index (κ3) is 6.22. The van der Waals surface area contributed by atoms with Crippen molar-refractivity contribution in [1.29, 1.82) is 0 Å². The minimum absolute atomic E-state index is 0.145. The van der Waals surface area contributed by atoms with Crippen molar-refractivity contribution in [1.82, 2.24) is 15.2 Å². The number of nitrogens with zero attached hydrogens (tertiary/aromatic N) is 3. The van der Waals surface area contributed by atoms with Crippen LogP contribution in [0.2, 0.25) is 0 Å². The molecule has 2 heterocycles. The largest absolute Gasteiger partial charge is 0.416 e. The SMILES string of the molecule is CC(CC(C)(C)O)N[C@@H]1CC[C@@](C(=O)N2CCN(c3cc(C(F)(F)F)ccn3)CC2)(C(C)C)C1. The van der Waals surface area contributed by atoms with Gasteiger partial charge < -0.3 is 20.2 Å². The van der Waals surface area contributed by atoms with Gasteiger partial charge >= 0.3 is 6.18 Å². The van der Waals surface area contributed by atoms with Crippen LogP contribution in [0, 0.1) is 11.3 Å². The normalized spacial score (nSPS) is 25.2. The van der Waals surface area contributed by atoms with Gasteiger partial charge in [0.2, 0.25) is 5.91 Å². The van der Waals surface area contributed by atoms with Crippen molar-refractivity contribution >= 4 is 11.7 Å². The number of rotatable bonds is 7. The molecule has 1 saturated heterocycles. The number of aromatic nitrogens is 1. The van der Waals surface area contributed by atoms with Crippen molar-refractivity contribution in [3.05, 3.63) is 23.9 Å². The van der Waals surface area contributed by atoms with E-state index in [1.165, 1.54) is 6.20 Å². The summed E-state index contributed by atoms with van der Waals surface area (Å²) in [6, 6.07) is 2.42. The highest BCUT2D eigenvalue weighted by Gasteiger charge is 2.49. The Morgan fingerprint density at radius 1 is 1.24 bits per heavy atom. The molecule has 0 radical (unpaired) electrons. The number of aliphatic hydroxyl groups is 1. The number of carbonyl (C=O) groups is 1. The Morgan fingerprint density at radius 3 is 2.44 bits per heavy atom. The Bertz CT molecular complexity index is 847. The molecule has 1 aliphatic carbocycles. The fraction of sp³-hybridized carbons (Fsp3) is 0.760. The first-order valence-electron chi connectivity index (χ1n) is 12.3. The molecule has 3 rings (SSSR count). The Morgan fingerprint density at radius 2 is 1.88 bits per heavy atom. The molecule has 1 saturated carbocycles. The molecule has 34 heavy (non-hydrogen) atoms. The topological polar surface area (TPSA) is 68.7 Å². The lowest BCUT2D eigenvalue weighted by Gasteiger charge is -2.42. The number of carbonyl (C=O) groups excluding carboxylic acids is 1. The molecule has 0 aromatic carbocycles. The lowest BCUT2D eigenvalue weighted by atomic mass is 9.74. The minimum Gasteiger partial charge on any atom is -0.390 e. The molecule has 1 aliphatic heterocycles. The van der Waals surface area contributed by atoms with E-state index in [1.54, 1.807) is 13.8 Å². The molecule has 2 fully saturated rings. The average Bonchev–Trinajstić information content (AvgIpc) is 3.16. The molecule has 0 spiro atoms. The number of halogens is 3. The third-order valence-corrected chi connectivity index (χ3v) is 7.37. The lowest BCUT2D eigenvalue weighted by Crippen LogP contribution is -2.54. The highest BCUT2D eigenvalue weighted by Crippen LogP contribution is 2.46. The molecule has 1 amide bonds. The maximum absolute atomic E-state index is 13.7. The summed E-state index contributed by atoms with van der Waals surface area (Å²) in [6.45, 7) is 11.7. The van der Waals surface area contributed by atoms with Crippen LogP contribution in [0.5, 0.6) is 0 Å². The highest BCUT2D eigenvalue weighted by molar-refractivity contribution is 5.84. The molecule has 1 unspecified atom stereocenters. The van der Waals surface area contributed by atoms with Gasteiger partial charge in [-0.15, -0.1) is 0 Å². The maximum atomic E-state index is 13.7. The molecule has 2 aliphatic rings. The van der Waals surface area contributed by atoms with Crippen molar-refractivity contribution < 1.29 is 23.1 Å². The minimum atomic E-state index is -4.41. The van der Waals surface area contributed by atoms with Crippen LogP contribution in [-0.2, 0) is 11.0 Å². The van der Waals surface area contributed by atoms with E-state index in [1.807, 2.05) is 9.80 Å². The Balaban J connectivity index is 1.63. The molecular weight excluding hydrogens is 445 g/mol. The first kappa shape index (κ1) is 26.7. The van der Waals surface area contributed by atoms with E-state index in [2.05, 4.69) is 31.1 Å². The van der Waals surface area contributed by atoms with Crippen LogP contribution >= 0.6 is 0 Å². The second kappa shape index (κ2) is 10.0. The fourth-order valence-corrected chi connectivity index (χ4v) is 5.62. The van der Waals surface area contributed by atoms with Gasteiger partial charge in [0.05, 0.1) is 16.6 Å². The maximum Gasteiger partial charge on any atom is 0.416 e. The third-order valence-electron chi connectivity index (χ3n) is 7.37. The number of hydrogen-bond acceptors (Lipinski definition) is 5. The summed E-state index contributed by atoms with van der Waals surface area (Å²) in [4.78, 5) is 21.6. The fourth-order valence-electron chi connectivity index (χ4n) is 5.62. The smallest absolute Gasteiger partial charge is 0.390 e. The van der Waals surface area contributed by atoms with Crippen molar-refractivity contribution in [2.45, 2.75) is 84.2 Å². The van der Waals surface area contributed by atoms with Gasteiger partial charge in [-0.25, -0.2) is 4.98 Å². The second-order valence-electron chi connectivity index (χ2n) is 11.0. The monoisotopic (exact) mass is 484 g/mol. The van der Waals surface area contributed by atoms with E-state index in [0.717, 1.165) is 31.4 Å². The quantitative estimate of drug-likeness (QED) is 0.610. The summed E-state index contributed by atoms with van der Waals surface area (Å²) in [7, 11) is 0. The van der Waals surface area contributed by atoms with Crippen LogP contribution in [0.15, 0.2) is 18.3 Å². The zero-order valence-electron chi connectivity index (χ0n) is 21.0. The number of piperazine rings is 1. The molecule has 9 heteroatoms. The van der Waals surface area contributed by atoms with E-state index in [-0.39, 0.29) is 23.9 Å². The predicted molar refractivity (Wildman–Crippen MR) is 126 cm³/mol. The zero-order valence-corrected chi connectivity index (χ0v) is 21.0. The van der Waals surface area contributed by atoms with E-state index < -0.39 is 22.8 Å². The number of pyridine rings is 1. The number of anilines is 1. The van der Waals surface area contributed by atoms with E-state index in [0.29, 0.717) is 38.4 Å². The molecule has 2 N–H and O–H groups in total. The Kier molecular flexibility index (Phi) is 7.87. The van der Waals surface area contributed by atoms with Crippen LogP contribution < -0.4 is 10.2 Å². The van der Waals surface area contributed by atoms with Crippen LogP contribution in [0.3, 0.4) is 0 Å². The van der Waals surface area contributed by atoms with Crippen LogP contribution in [-0.4, -0.2) is 64.8 Å². The molecule has 1 aromatic heterocycles. The van der Waals surface area contributed by atoms with Gasteiger partial charge in [0.25, 0.3) is 0 Å². The van der Waals surface area contributed by atoms with Crippen LogP contribution in [0.1, 0.15) is 65.9 Å². The van der Waals surface area contributed by atoms with E-state index in [4.69, 9.17) is 0 Å². The van der Waals surface area contributed by atoms with Crippen molar-refractivity contribution in [2.24, 2.45) is 11.3 Å². The van der Waals surface area contributed by atoms with Crippen LogP contribution in [0.25, 0.3) is 0 Å². The molecular formula is C25H39F3N4O2. The molecule has 1 aromatic rings. The van der Waals surface area contributed by atoms with Crippen LogP contribution in [0.4, 0.5) is 19.0 Å². The standard InChI is InChI=1S/C25H39F3N4O2/c1-17(2)24(8-6-20(16-24)30-18(3)15-23(4,5)34)22(33)32-12-10-31(11-13-32)21-14-19(7-9-29-21)25(26,27)28/h7,9,14,17-18,20,30,34H,6,8,10-13,15-16H2,1-5H3/t18?,20-,24+/m1/s1. The van der Waals surface area contributed by atoms with Crippen molar-refractivity contribution in [3.8, 4) is 0 Å². The Labute approximate surface area is 200 Å². The molecule has 6 nitrogen and oxygen atoms in total. The van der Waals surface area contributed by atoms with E-state index >= 15 is 0 Å². The number of alkyl halides is 3. The molecule has 3 atom stereocenters. The first-order chi connectivity index (χ1) is 15.7. The highest BCUT2D eigenvalue weighted by atomic mass is 19.4. The van der Waals surface area contributed by atoms with Gasteiger partial charge in [0.1, 0.15) is 5.82 Å². The predicted octanol–water partition coefficient (Wildman–Crippen LogP) is 4.08. The van der Waals surface area contributed by atoms with Gasteiger partial charge in [-0.05, 0) is 64.5 Å². The number of nitrogens with one attached hydrogen (secondary N) is 1. The summed E-state index contributed by atoms with van der Waals surface area (Å²) < 4.78 is 39.2. The van der Waals surface area contributed by atoms with Gasteiger partial charge in [-0.2, -0.15) is 13.2 Å². The summed E-state index contributed by atoms with van der Waals surface area (Å²) in [5, 5.41) is 13.7. The van der Waals surface area contributed by atoms with Gasteiger partial charge in [-0.3, -0.25) is 4.79 Å². The average molecular weight is 485 g/mol. The second-order valence-corrected chi connectivity index (χ2v) is 11.0. The number of amides is 1. The van der Waals surface area contributed by atoms with Gasteiger partial charge in [-0.1, -0.05) is 13.8 Å². The van der Waals surface area contributed by atoms with Crippen molar-refractivity contribution in [2.75, 3.05) is 31.1 Å². The summed E-state index contributed by atoms with van der Waals surface area (Å²) in [5.41, 5.74) is -1.90. The summed E-state index contributed by atoms with van der Waals surface area (Å²) >= 11 is 0. The molecule has 192 valence electrons. The van der Waals surface area contributed by atoms with Crippen molar-refractivity contribution in [3.63, 3.8) is 0 Å². The molecule has 0 bridgehead atoms. The number of hydrogen-bond donors (Lipinski definition) is 2. The first-order valence-corrected chi connectivity index (χ1v) is 12.3. The summed E-state index contributed by atoms with van der Waals surface area (Å²) in [6.07, 6.45) is -0.0998. The zero-order chi connectivity index (χ0) is 25.3. The Hall–Kier alpha value is -1.87. The van der Waals surface area contributed by atoms with E-state index in [9.17, 15) is 23.1 Å². The van der Waals surface area contributed by atoms with Gasteiger partial charge in [0.15, 0.2) is 0 Å². The lowest BCUT2D eigenvalue weighted by molar-refractivity contribution is -0.145. The summed E-state index contributed by atoms with van der Waals surface area (Å²) in [5.74, 6) is 0.629. The van der Waals surface area contributed by atoms with Gasteiger partial charge in [0, 0.05) is 44.5 Å².